The van der Waals surface area contributed by atoms with Gasteiger partial charge in [0, 0.05) is 6.07 Å². The molecular formula is C12H11NO3. The summed E-state index contributed by atoms with van der Waals surface area (Å²) in [5.74, 6) is 0. The molecule has 2 aromatic rings. The Morgan fingerprint density at radius 3 is 2.75 bits per heavy atom. The summed E-state index contributed by atoms with van der Waals surface area (Å²) in [4.78, 5) is 11.3. The van der Waals surface area contributed by atoms with Crippen molar-refractivity contribution in [1.29, 1.82) is 0 Å². The number of nitrogens with one attached hydrogen (secondary N) is 1. The molecule has 0 saturated carbocycles. The fraction of sp³-hybridized carbons (Fsp3) is 0.0833. The molecule has 82 valence electrons. The Hall–Kier alpha value is -2.23. The number of benzene rings is 1. The van der Waals surface area contributed by atoms with E-state index in [-0.39, 0.29) is 6.61 Å². The van der Waals surface area contributed by atoms with Crippen molar-refractivity contribution in [3.63, 3.8) is 0 Å². The maximum atomic E-state index is 11.3. The highest BCUT2D eigenvalue weighted by atomic mass is 16.5. The summed E-state index contributed by atoms with van der Waals surface area (Å²) in [6.07, 6.45) is 2.42. The van der Waals surface area contributed by atoms with E-state index in [1.807, 2.05) is 30.3 Å². The van der Waals surface area contributed by atoms with E-state index in [0.29, 0.717) is 5.69 Å². The van der Waals surface area contributed by atoms with Crippen molar-refractivity contribution in [2.75, 3.05) is 5.32 Å². The van der Waals surface area contributed by atoms with Gasteiger partial charge in [0.2, 0.25) is 0 Å². The van der Waals surface area contributed by atoms with Crippen molar-refractivity contribution in [2.24, 2.45) is 0 Å². The lowest BCUT2D eigenvalue weighted by Gasteiger charge is -2.04. The van der Waals surface area contributed by atoms with Gasteiger partial charge in [0.1, 0.15) is 12.9 Å². The average Bonchev–Trinajstić information content (AvgIpc) is 2.81. The third kappa shape index (κ3) is 2.88. The van der Waals surface area contributed by atoms with E-state index in [0.717, 1.165) is 5.56 Å². The molecule has 2 rings (SSSR count). The fourth-order valence-electron chi connectivity index (χ4n) is 1.21. The van der Waals surface area contributed by atoms with Gasteiger partial charge in [0.15, 0.2) is 0 Å². The quantitative estimate of drug-likeness (QED) is 0.859. The summed E-state index contributed by atoms with van der Waals surface area (Å²) in [5.41, 5.74) is 1.53. The van der Waals surface area contributed by atoms with Gasteiger partial charge in [-0.25, -0.2) is 4.79 Å². The Kier molecular flexibility index (Phi) is 3.23. The van der Waals surface area contributed by atoms with Crippen molar-refractivity contribution in [2.45, 2.75) is 6.61 Å². The van der Waals surface area contributed by atoms with Crippen molar-refractivity contribution in [3.8, 4) is 0 Å². The minimum atomic E-state index is -0.495. The Morgan fingerprint density at radius 2 is 2.06 bits per heavy atom. The SMILES string of the molecule is O=C(Nc1ccoc1)OCc1ccccc1. The largest absolute Gasteiger partial charge is 0.470 e. The Labute approximate surface area is 92.8 Å². The fourth-order valence-corrected chi connectivity index (χ4v) is 1.21. The number of carbonyl (C=O) groups excluding carboxylic acids is 1. The molecule has 0 aliphatic carbocycles. The standard InChI is InChI=1S/C12H11NO3/c14-12(13-11-6-7-15-9-11)16-8-10-4-2-1-3-5-10/h1-7,9H,8H2,(H,13,14). The van der Waals surface area contributed by atoms with E-state index in [9.17, 15) is 4.79 Å². The number of hydrogen-bond donors (Lipinski definition) is 1. The van der Waals surface area contributed by atoms with Gasteiger partial charge in [-0.15, -0.1) is 0 Å². The minimum Gasteiger partial charge on any atom is -0.470 e. The van der Waals surface area contributed by atoms with Gasteiger partial charge in [-0.3, -0.25) is 5.32 Å². The zero-order valence-corrected chi connectivity index (χ0v) is 8.55. The molecular weight excluding hydrogens is 206 g/mol. The van der Waals surface area contributed by atoms with Crippen molar-refractivity contribution in [3.05, 3.63) is 54.5 Å². The van der Waals surface area contributed by atoms with Gasteiger partial charge in [-0.05, 0) is 5.56 Å². The molecule has 0 spiro atoms. The normalized spacial score (nSPS) is 9.75. The molecule has 0 radical (unpaired) electrons. The molecule has 16 heavy (non-hydrogen) atoms. The van der Waals surface area contributed by atoms with Crippen LogP contribution in [0, 0.1) is 0 Å². The zero-order valence-electron chi connectivity index (χ0n) is 8.55. The first-order valence-corrected chi connectivity index (χ1v) is 4.84. The Morgan fingerprint density at radius 1 is 1.25 bits per heavy atom. The van der Waals surface area contributed by atoms with E-state index in [1.165, 1.54) is 12.5 Å². The van der Waals surface area contributed by atoms with Gasteiger partial charge in [-0.2, -0.15) is 0 Å². The van der Waals surface area contributed by atoms with Crippen LogP contribution in [0.4, 0.5) is 10.5 Å². The van der Waals surface area contributed by atoms with Crippen LogP contribution in [0.3, 0.4) is 0 Å². The van der Waals surface area contributed by atoms with Gasteiger partial charge in [0.25, 0.3) is 0 Å². The Bertz CT molecular complexity index is 437. The van der Waals surface area contributed by atoms with Crippen LogP contribution in [0.1, 0.15) is 5.56 Å². The number of furan rings is 1. The lowest BCUT2D eigenvalue weighted by atomic mass is 10.2. The van der Waals surface area contributed by atoms with Crippen LogP contribution in [0.25, 0.3) is 0 Å². The molecule has 0 aliphatic rings. The summed E-state index contributed by atoms with van der Waals surface area (Å²) >= 11 is 0. The molecule has 1 aromatic carbocycles. The van der Waals surface area contributed by atoms with Crippen LogP contribution in [0.5, 0.6) is 0 Å². The molecule has 1 aromatic heterocycles. The van der Waals surface area contributed by atoms with E-state index < -0.39 is 6.09 Å². The minimum absolute atomic E-state index is 0.254. The monoisotopic (exact) mass is 217 g/mol. The average molecular weight is 217 g/mol. The van der Waals surface area contributed by atoms with Gasteiger partial charge < -0.3 is 9.15 Å². The van der Waals surface area contributed by atoms with Crippen LogP contribution in [-0.4, -0.2) is 6.09 Å². The van der Waals surface area contributed by atoms with Crippen LogP contribution < -0.4 is 5.32 Å². The van der Waals surface area contributed by atoms with Crippen LogP contribution >= 0.6 is 0 Å². The molecule has 0 fully saturated rings. The predicted molar refractivity (Wildman–Crippen MR) is 59.0 cm³/mol. The third-order valence-corrected chi connectivity index (χ3v) is 1.98. The van der Waals surface area contributed by atoms with Gasteiger partial charge >= 0.3 is 6.09 Å². The number of carbonyl (C=O) groups is 1. The summed E-state index contributed by atoms with van der Waals surface area (Å²) in [7, 11) is 0. The van der Waals surface area contributed by atoms with E-state index >= 15 is 0 Å². The van der Waals surface area contributed by atoms with Gasteiger partial charge in [-0.1, -0.05) is 30.3 Å². The third-order valence-electron chi connectivity index (χ3n) is 1.98. The molecule has 1 N–H and O–H groups in total. The number of ether oxygens (including phenoxy) is 1. The summed E-state index contributed by atoms with van der Waals surface area (Å²) in [6.45, 7) is 0.254. The molecule has 0 aliphatic heterocycles. The second-order valence-corrected chi connectivity index (χ2v) is 3.20. The number of amides is 1. The highest BCUT2D eigenvalue weighted by Gasteiger charge is 2.03. The first-order chi connectivity index (χ1) is 7.84. The molecule has 0 unspecified atom stereocenters. The number of hydrogen-bond acceptors (Lipinski definition) is 3. The van der Waals surface area contributed by atoms with Crippen LogP contribution in [-0.2, 0) is 11.3 Å². The van der Waals surface area contributed by atoms with Crippen LogP contribution in [0.15, 0.2) is 53.3 Å². The number of rotatable bonds is 3. The summed E-state index contributed by atoms with van der Waals surface area (Å²) in [5, 5.41) is 2.54. The molecule has 0 atom stereocenters. The second kappa shape index (κ2) is 5.02. The van der Waals surface area contributed by atoms with Crippen molar-refractivity contribution in [1.82, 2.24) is 0 Å². The molecule has 4 nitrogen and oxygen atoms in total. The molecule has 0 saturated heterocycles. The van der Waals surface area contributed by atoms with Crippen molar-refractivity contribution < 1.29 is 13.9 Å². The summed E-state index contributed by atoms with van der Waals surface area (Å²) in [6, 6.07) is 11.1. The second-order valence-electron chi connectivity index (χ2n) is 3.20. The Balaban J connectivity index is 1.80. The first kappa shape index (κ1) is 10.3. The lowest BCUT2D eigenvalue weighted by Crippen LogP contribution is -2.12. The maximum Gasteiger partial charge on any atom is 0.412 e. The highest BCUT2D eigenvalue weighted by Crippen LogP contribution is 2.07. The van der Waals surface area contributed by atoms with E-state index in [2.05, 4.69) is 5.32 Å². The zero-order chi connectivity index (χ0) is 11.2. The van der Waals surface area contributed by atoms with Crippen LogP contribution in [0.2, 0.25) is 0 Å². The number of anilines is 1. The molecule has 1 amide bonds. The molecule has 1 heterocycles. The smallest absolute Gasteiger partial charge is 0.412 e. The molecule has 0 bridgehead atoms. The van der Waals surface area contributed by atoms with Gasteiger partial charge in [0.05, 0.1) is 12.0 Å². The first-order valence-electron chi connectivity index (χ1n) is 4.84. The summed E-state index contributed by atoms with van der Waals surface area (Å²) < 4.78 is 9.82. The predicted octanol–water partition coefficient (Wildman–Crippen LogP) is 3.03. The van der Waals surface area contributed by atoms with E-state index in [4.69, 9.17) is 9.15 Å². The topological polar surface area (TPSA) is 51.5 Å². The maximum absolute atomic E-state index is 11.3. The van der Waals surface area contributed by atoms with Crippen molar-refractivity contribution >= 4 is 11.8 Å². The highest BCUT2D eigenvalue weighted by molar-refractivity contribution is 5.84. The molecule has 4 heteroatoms. The lowest BCUT2D eigenvalue weighted by molar-refractivity contribution is 0.155. The van der Waals surface area contributed by atoms with E-state index in [1.54, 1.807) is 6.07 Å².